The normalized spacial score (nSPS) is 12.8. The fourth-order valence-electron chi connectivity index (χ4n) is 3.15. The number of carbonyl (C=O) groups is 1. The van der Waals surface area contributed by atoms with Crippen molar-refractivity contribution in [2.24, 2.45) is 0 Å². The number of aryl methyl sites for hydroxylation is 1. The summed E-state index contributed by atoms with van der Waals surface area (Å²) in [6.45, 7) is 2.27. The third-order valence-corrected chi connectivity index (χ3v) is 4.48. The summed E-state index contributed by atoms with van der Waals surface area (Å²) >= 11 is 0. The lowest BCUT2D eigenvalue weighted by molar-refractivity contribution is 0.0950. The second kappa shape index (κ2) is 7.57. The molecular weight excluding hydrogens is 346 g/mol. The van der Waals surface area contributed by atoms with E-state index >= 15 is 0 Å². The number of benzene rings is 2. The zero-order chi connectivity index (χ0) is 18.6. The molecule has 1 aromatic heterocycles. The molecule has 3 aromatic rings. The van der Waals surface area contributed by atoms with Crippen molar-refractivity contribution in [1.82, 2.24) is 14.9 Å². The molecule has 0 atom stereocenters. The van der Waals surface area contributed by atoms with Crippen LogP contribution in [-0.2, 0) is 6.54 Å². The molecule has 0 radical (unpaired) electrons. The molecule has 0 aliphatic carbocycles. The average molecular weight is 367 g/mol. The van der Waals surface area contributed by atoms with Gasteiger partial charge in [0.15, 0.2) is 11.5 Å². The zero-order valence-electron chi connectivity index (χ0n) is 15.1. The molecule has 0 unspecified atom stereocenters. The largest absolute Gasteiger partial charge is 0.493 e. The quantitative estimate of drug-likeness (QED) is 0.678. The maximum Gasteiger partial charge on any atom is 0.251 e. The molecular formula is C20H21N3O4. The zero-order valence-corrected chi connectivity index (χ0v) is 15.1. The number of methoxy groups -OCH3 is 1. The summed E-state index contributed by atoms with van der Waals surface area (Å²) < 4.78 is 18.6. The molecule has 2 aromatic carbocycles. The van der Waals surface area contributed by atoms with Crippen LogP contribution < -0.4 is 19.5 Å². The van der Waals surface area contributed by atoms with Gasteiger partial charge < -0.3 is 24.1 Å². The Morgan fingerprint density at radius 1 is 1.26 bits per heavy atom. The number of rotatable bonds is 6. The molecule has 4 rings (SSSR count). The molecule has 27 heavy (non-hydrogen) atoms. The molecule has 140 valence electrons. The van der Waals surface area contributed by atoms with Gasteiger partial charge in [0.2, 0.25) is 5.75 Å². The van der Waals surface area contributed by atoms with Crippen molar-refractivity contribution in [3.63, 3.8) is 0 Å². The molecule has 0 saturated heterocycles. The maximum absolute atomic E-state index is 12.5. The van der Waals surface area contributed by atoms with Crippen LogP contribution in [0.5, 0.6) is 17.2 Å². The van der Waals surface area contributed by atoms with Crippen LogP contribution >= 0.6 is 0 Å². The summed E-state index contributed by atoms with van der Waals surface area (Å²) in [5, 5.41) is 2.94. The average Bonchev–Trinajstić information content (AvgIpc) is 3.13. The summed E-state index contributed by atoms with van der Waals surface area (Å²) in [5.41, 5.74) is 2.56. The van der Waals surface area contributed by atoms with Crippen LogP contribution in [0.15, 0.2) is 42.7 Å². The van der Waals surface area contributed by atoms with Gasteiger partial charge >= 0.3 is 0 Å². The first-order valence-electron chi connectivity index (χ1n) is 8.92. The lowest BCUT2D eigenvalue weighted by atomic mass is 10.1. The number of fused-ring (bicyclic) bond motifs is 2. The Morgan fingerprint density at radius 2 is 2.11 bits per heavy atom. The van der Waals surface area contributed by atoms with E-state index in [0.717, 1.165) is 24.0 Å². The highest BCUT2D eigenvalue weighted by molar-refractivity contribution is 5.95. The van der Waals surface area contributed by atoms with Crippen molar-refractivity contribution in [2.45, 2.75) is 13.0 Å². The van der Waals surface area contributed by atoms with Crippen LogP contribution in [0.2, 0.25) is 0 Å². The first-order valence-corrected chi connectivity index (χ1v) is 8.92. The lowest BCUT2D eigenvalue weighted by Gasteiger charge is -2.21. The van der Waals surface area contributed by atoms with E-state index < -0.39 is 0 Å². The minimum absolute atomic E-state index is 0.166. The van der Waals surface area contributed by atoms with E-state index in [-0.39, 0.29) is 5.91 Å². The third-order valence-electron chi connectivity index (χ3n) is 4.48. The molecule has 1 N–H and O–H groups in total. The highest BCUT2D eigenvalue weighted by Crippen LogP contribution is 2.40. The fourth-order valence-corrected chi connectivity index (χ4v) is 3.15. The Morgan fingerprint density at radius 3 is 3.00 bits per heavy atom. The number of ether oxygens (including phenoxy) is 3. The topological polar surface area (TPSA) is 74.6 Å². The number of nitrogens with one attached hydrogen (secondary N) is 1. The summed E-state index contributed by atoms with van der Waals surface area (Å²) in [4.78, 5) is 16.9. The van der Waals surface area contributed by atoms with Gasteiger partial charge in [-0.3, -0.25) is 4.79 Å². The van der Waals surface area contributed by atoms with Gasteiger partial charge in [0.05, 0.1) is 24.5 Å². The van der Waals surface area contributed by atoms with E-state index in [1.54, 1.807) is 19.2 Å². The molecule has 7 heteroatoms. The van der Waals surface area contributed by atoms with Crippen LogP contribution in [0.4, 0.5) is 0 Å². The summed E-state index contributed by atoms with van der Waals surface area (Å²) in [7, 11) is 1.55. The maximum atomic E-state index is 12.5. The summed E-state index contributed by atoms with van der Waals surface area (Å²) in [5.74, 6) is 1.42. The van der Waals surface area contributed by atoms with Gasteiger partial charge in [0.25, 0.3) is 5.91 Å². The van der Waals surface area contributed by atoms with Crippen molar-refractivity contribution < 1.29 is 19.0 Å². The second-order valence-corrected chi connectivity index (χ2v) is 6.24. The SMILES string of the molecule is COc1cc(C(=O)NCCCn2cnc3ccccc32)cc2c1OCCO2. The van der Waals surface area contributed by atoms with Crippen molar-refractivity contribution in [3.05, 3.63) is 48.3 Å². The number of nitrogens with zero attached hydrogens (tertiary/aromatic N) is 2. The Hall–Kier alpha value is -3.22. The highest BCUT2D eigenvalue weighted by atomic mass is 16.6. The smallest absolute Gasteiger partial charge is 0.251 e. The van der Waals surface area contributed by atoms with Crippen LogP contribution in [0, 0.1) is 0 Å². The van der Waals surface area contributed by atoms with Crippen LogP contribution in [0.3, 0.4) is 0 Å². The second-order valence-electron chi connectivity index (χ2n) is 6.24. The van der Waals surface area contributed by atoms with Gasteiger partial charge in [-0.2, -0.15) is 0 Å². The Balaban J connectivity index is 1.37. The molecule has 0 fully saturated rings. The molecule has 0 saturated carbocycles. The number of amides is 1. The first-order chi connectivity index (χ1) is 13.3. The van der Waals surface area contributed by atoms with Crippen molar-refractivity contribution >= 4 is 16.9 Å². The number of aromatic nitrogens is 2. The minimum Gasteiger partial charge on any atom is -0.493 e. The van der Waals surface area contributed by atoms with Crippen LogP contribution in [0.1, 0.15) is 16.8 Å². The Kier molecular flexibility index (Phi) is 4.82. The predicted molar refractivity (Wildman–Crippen MR) is 101 cm³/mol. The van der Waals surface area contributed by atoms with Gasteiger partial charge in [-0.05, 0) is 30.7 Å². The lowest BCUT2D eigenvalue weighted by Crippen LogP contribution is -2.26. The van der Waals surface area contributed by atoms with E-state index in [9.17, 15) is 4.79 Å². The minimum atomic E-state index is -0.166. The number of hydrogen-bond donors (Lipinski definition) is 1. The van der Waals surface area contributed by atoms with E-state index in [1.165, 1.54) is 0 Å². The Labute approximate surface area is 156 Å². The van der Waals surface area contributed by atoms with Gasteiger partial charge in [-0.25, -0.2) is 4.98 Å². The van der Waals surface area contributed by atoms with E-state index in [0.29, 0.717) is 42.6 Å². The number of para-hydroxylation sites is 2. The van der Waals surface area contributed by atoms with Gasteiger partial charge in [-0.15, -0.1) is 0 Å². The van der Waals surface area contributed by atoms with E-state index in [2.05, 4.69) is 14.9 Å². The van der Waals surface area contributed by atoms with Gasteiger partial charge in [-0.1, -0.05) is 12.1 Å². The molecule has 7 nitrogen and oxygen atoms in total. The monoisotopic (exact) mass is 367 g/mol. The number of imidazole rings is 1. The van der Waals surface area contributed by atoms with Gasteiger partial charge in [0.1, 0.15) is 13.2 Å². The molecule has 1 aliphatic rings. The van der Waals surface area contributed by atoms with E-state index in [1.807, 2.05) is 30.6 Å². The van der Waals surface area contributed by atoms with E-state index in [4.69, 9.17) is 14.2 Å². The van der Waals surface area contributed by atoms with Crippen molar-refractivity contribution in [2.75, 3.05) is 26.9 Å². The molecule has 1 aliphatic heterocycles. The molecule has 1 amide bonds. The first kappa shape index (κ1) is 17.2. The number of hydrogen-bond acceptors (Lipinski definition) is 5. The van der Waals surface area contributed by atoms with Crippen molar-refractivity contribution in [1.29, 1.82) is 0 Å². The Bertz CT molecular complexity index is 950. The fraction of sp³-hybridized carbons (Fsp3) is 0.300. The van der Waals surface area contributed by atoms with Crippen molar-refractivity contribution in [3.8, 4) is 17.2 Å². The highest BCUT2D eigenvalue weighted by Gasteiger charge is 2.20. The standard InChI is InChI=1S/C20H21N3O4/c1-25-17-11-14(12-18-19(17)27-10-9-26-18)20(24)21-7-4-8-23-13-22-15-5-2-3-6-16(15)23/h2-3,5-6,11-13H,4,7-10H2,1H3,(H,21,24). The molecule has 0 bridgehead atoms. The summed E-state index contributed by atoms with van der Waals surface area (Å²) in [6.07, 6.45) is 2.63. The predicted octanol–water partition coefficient (Wildman–Crippen LogP) is 2.64. The van der Waals surface area contributed by atoms with Gasteiger partial charge in [0, 0.05) is 18.7 Å². The summed E-state index contributed by atoms with van der Waals surface area (Å²) in [6, 6.07) is 11.4. The van der Waals surface area contributed by atoms with Crippen LogP contribution in [0.25, 0.3) is 11.0 Å². The molecule has 0 spiro atoms. The molecule has 2 heterocycles. The third kappa shape index (κ3) is 3.53. The number of carbonyl (C=O) groups excluding carboxylic acids is 1. The van der Waals surface area contributed by atoms with Crippen LogP contribution in [-0.4, -0.2) is 42.3 Å².